The number of nitrogens with one attached hydrogen (secondary N) is 1. The van der Waals surface area contributed by atoms with Crippen LogP contribution < -0.4 is 11.1 Å². The topological polar surface area (TPSA) is 59.8 Å². The van der Waals surface area contributed by atoms with Gasteiger partial charge in [-0.1, -0.05) is 18.2 Å². The zero-order valence-corrected chi connectivity index (χ0v) is 10.7. The van der Waals surface area contributed by atoms with Gasteiger partial charge in [-0.15, -0.1) is 0 Å². The number of benzene rings is 1. The van der Waals surface area contributed by atoms with Gasteiger partial charge >= 0.3 is 0 Å². The molecule has 5 heteroatoms. The molecule has 19 heavy (non-hydrogen) atoms. The maximum atomic E-state index is 12.4. The van der Waals surface area contributed by atoms with E-state index in [0.717, 1.165) is 5.69 Å². The molecule has 3 aromatic rings. The largest absolute Gasteiger partial charge is 0.296 e. The molecule has 0 aliphatic rings. The number of para-hydroxylation sites is 1. The number of aryl methyl sites for hydroxylation is 2. The van der Waals surface area contributed by atoms with Gasteiger partial charge in [0.2, 0.25) is 0 Å². The predicted molar refractivity (Wildman–Crippen MR) is 73.9 cm³/mol. The Bertz CT molecular complexity index is 869. The fourth-order valence-electron chi connectivity index (χ4n) is 2.25. The minimum absolute atomic E-state index is 0.133. The van der Waals surface area contributed by atoms with E-state index >= 15 is 0 Å². The molecule has 0 atom stereocenters. The summed E-state index contributed by atoms with van der Waals surface area (Å²) in [5.74, 6) is 0. The first-order chi connectivity index (χ1) is 9.09. The highest BCUT2D eigenvalue weighted by Gasteiger charge is 2.13. The Morgan fingerprint density at radius 2 is 1.79 bits per heavy atom. The van der Waals surface area contributed by atoms with E-state index in [1.165, 1.54) is 15.3 Å². The Morgan fingerprint density at radius 3 is 2.47 bits per heavy atom. The van der Waals surface area contributed by atoms with Crippen LogP contribution in [0.5, 0.6) is 0 Å². The summed E-state index contributed by atoms with van der Waals surface area (Å²) >= 11 is 0. The second-order valence-electron chi connectivity index (χ2n) is 4.54. The second kappa shape index (κ2) is 3.98. The Morgan fingerprint density at radius 1 is 1.11 bits per heavy atom. The molecule has 96 valence electrons. The molecule has 0 amide bonds. The minimum atomic E-state index is -0.144. The molecule has 1 N–H and O–H groups in total. The number of aromatic nitrogens is 3. The molecule has 0 radical (unpaired) electrons. The highest BCUT2D eigenvalue weighted by molar-refractivity contribution is 5.78. The first-order valence-corrected chi connectivity index (χ1v) is 5.96. The summed E-state index contributed by atoms with van der Waals surface area (Å²) in [5, 5.41) is 3.54. The molecule has 2 heterocycles. The first-order valence-electron chi connectivity index (χ1n) is 5.96. The van der Waals surface area contributed by atoms with E-state index < -0.39 is 0 Å². The number of hydrogen-bond acceptors (Lipinski definition) is 2. The van der Waals surface area contributed by atoms with E-state index in [1.807, 2.05) is 30.3 Å². The molecule has 0 saturated heterocycles. The first kappa shape index (κ1) is 11.5. The van der Waals surface area contributed by atoms with Gasteiger partial charge in [-0.3, -0.25) is 19.3 Å². The molecule has 5 nitrogen and oxygen atoms in total. The van der Waals surface area contributed by atoms with Crippen molar-refractivity contribution in [3.63, 3.8) is 0 Å². The SMILES string of the molecule is Cc1cc(=O)n(C)c2[nH]n(-c3ccccc3)c(=O)c12. The van der Waals surface area contributed by atoms with Crippen LogP contribution in [0.15, 0.2) is 46.0 Å². The maximum absolute atomic E-state index is 12.4. The minimum Gasteiger partial charge on any atom is -0.296 e. The molecule has 0 spiro atoms. The third-order valence-electron chi connectivity index (χ3n) is 3.29. The molecule has 0 unspecified atom stereocenters. The summed E-state index contributed by atoms with van der Waals surface area (Å²) in [6.07, 6.45) is 0. The van der Waals surface area contributed by atoms with E-state index in [0.29, 0.717) is 16.6 Å². The lowest BCUT2D eigenvalue weighted by atomic mass is 10.2. The van der Waals surface area contributed by atoms with Gasteiger partial charge in [-0.2, -0.15) is 0 Å². The summed E-state index contributed by atoms with van der Waals surface area (Å²) in [6.45, 7) is 1.77. The summed E-state index contributed by atoms with van der Waals surface area (Å²) in [6, 6.07) is 10.8. The second-order valence-corrected chi connectivity index (χ2v) is 4.54. The van der Waals surface area contributed by atoms with Crippen molar-refractivity contribution in [1.29, 1.82) is 0 Å². The average molecular weight is 255 g/mol. The van der Waals surface area contributed by atoms with Gasteiger partial charge in [0, 0.05) is 13.1 Å². The Kier molecular flexibility index (Phi) is 2.41. The van der Waals surface area contributed by atoms with E-state index in [2.05, 4.69) is 5.10 Å². The van der Waals surface area contributed by atoms with Crippen molar-refractivity contribution >= 4 is 11.0 Å². The Hall–Kier alpha value is -2.56. The molecule has 0 saturated carbocycles. The molecule has 0 aliphatic carbocycles. The van der Waals surface area contributed by atoms with Crippen LogP contribution in [0.2, 0.25) is 0 Å². The van der Waals surface area contributed by atoms with Crippen molar-refractivity contribution < 1.29 is 0 Å². The number of H-pyrrole nitrogens is 1. The monoisotopic (exact) mass is 255 g/mol. The normalized spacial score (nSPS) is 11.1. The van der Waals surface area contributed by atoms with Crippen LogP contribution >= 0.6 is 0 Å². The molecule has 0 fully saturated rings. The van der Waals surface area contributed by atoms with Crippen LogP contribution in [-0.4, -0.2) is 14.3 Å². The van der Waals surface area contributed by atoms with Gasteiger partial charge < -0.3 is 0 Å². The number of pyridine rings is 1. The number of nitrogens with zero attached hydrogens (tertiary/aromatic N) is 2. The summed E-state index contributed by atoms with van der Waals surface area (Å²) in [5.41, 5.74) is 1.70. The molecular weight excluding hydrogens is 242 g/mol. The zero-order valence-electron chi connectivity index (χ0n) is 10.7. The van der Waals surface area contributed by atoms with Crippen LogP contribution in [0.1, 0.15) is 5.56 Å². The molecule has 0 bridgehead atoms. The number of aromatic amines is 1. The molecule has 1 aromatic carbocycles. The number of fused-ring (bicyclic) bond motifs is 1. The van der Waals surface area contributed by atoms with Gasteiger partial charge in [0.15, 0.2) is 0 Å². The van der Waals surface area contributed by atoms with Crippen LogP contribution in [0.3, 0.4) is 0 Å². The van der Waals surface area contributed by atoms with Gasteiger partial charge in [-0.25, -0.2) is 4.68 Å². The molecule has 0 aliphatic heterocycles. The average Bonchev–Trinajstić information content (AvgIpc) is 2.76. The van der Waals surface area contributed by atoms with Gasteiger partial charge in [0.25, 0.3) is 11.1 Å². The van der Waals surface area contributed by atoms with Crippen LogP contribution in [0.4, 0.5) is 0 Å². The number of rotatable bonds is 1. The quantitative estimate of drug-likeness (QED) is 0.713. The van der Waals surface area contributed by atoms with Gasteiger partial charge in [-0.05, 0) is 24.6 Å². The van der Waals surface area contributed by atoms with Crippen molar-refractivity contribution in [2.45, 2.75) is 6.92 Å². The third kappa shape index (κ3) is 1.62. The lowest BCUT2D eigenvalue weighted by Gasteiger charge is -2.00. The maximum Gasteiger partial charge on any atom is 0.280 e. The van der Waals surface area contributed by atoms with E-state index in [-0.39, 0.29) is 11.1 Å². The third-order valence-corrected chi connectivity index (χ3v) is 3.29. The number of hydrogen-bond donors (Lipinski definition) is 1. The van der Waals surface area contributed by atoms with Crippen molar-refractivity contribution in [2.75, 3.05) is 0 Å². The zero-order chi connectivity index (χ0) is 13.6. The fraction of sp³-hybridized carbons (Fsp3) is 0.143. The van der Waals surface area contributed by atoms with Crippen LogP contribution in [0, 0.1) is 6.92 Å². The summed E-state index contributed by atoms with van der Waals surface area (Å²) in [7, 11) is 1.65. The van der Waals surface area contributed by atoms with E-state index in [9.17, 15) is 9.59 Å². The van der Waals surface area contributed by atoms with Crippen LogP contribution in [0.25, 0.3) is 16.7 Å². The van der Waals surface area contributed by atoms with E-state index in [1.54, 1.807) is 14.0 Å². The standard InChI is InChI=1S/C14H13N3O2/c1-9-8-11(18)16(2)13-12(9)14(19)17(15-13)10-6-4-3-5-7-10/h3-8,15H,1-2H3. The molecule has 3 rings (SSSR count). The van der Waals surface area contributed by atoms with Crippen molar-refractivity contribution in [3.8, 4) is 5.69 Å². The lowest BCUT2D eigenvalue weighted by molar-refractivity contribution is 0.821. The van der Waals surface area contributed by atoms with Crippen molar-refractivity contribution in [1.82, 2.24) is 14.3 Å². The highest BCUT2D eigenvalue weighted by atomic mass is 16.1. The van der Waals surface area contributed by atoms with E-state index in [4.69, 9.17) is 0 Å². The molecule has 2 aromatic heterocycles. The summed E-state index contributed by atoms with van der Waals surface area (Å²) in [4.78, 5) is 24.2. The highest BCUT2D eigenvalue weighted by Crippen LogP contribution is 2.12. The van der Waals surface area contributed by atoms with Crippen molar-refractivity contribution in [3.05, 3.63) is 62.7 Å². The van der Waals surface area contributed by atoms with Crippen molar-refractivity contribution in [2.24, 2.45) is 7.05 Å². The lowest BCUT2D eigenvalue weighted by Crippen LogP contribution is -2.17. The predicted octanol–water partition coefficient (Wildman–Crippen LogP) is 1.33. The van der Waals surface area contributed by atoms with Gasteiger partial charge in [0.1, 0.15) is 5.65 Å². The summed E-state index contributed by atoms with van der Waals surface area (Å²) < 4.78 is 2.90. The van der Waals surface area contributed by atoms with Gasteiger partial charge in [0.05, 0.1) is 11.1 Å². The Labute approximate surface area is 108 Å². The smallest absolute Gasteiger partial charge is 0.280 e. The molecular formula is C14H13N3O2. The van der Waals surface area contributed by atoms with Crippen LogP contribution in [-0.2, 0) is 7.05 Å². The fourth-order valence-corrected chi connectivity index (χ4v) is 2.25. The Balaban J connectivity index is 2.46.